The van der Waals surface area contributed by atoms with Crippen molar-refractivity contribution in [2.24, 2.45) is 0 Å². The Hall–Kier alpha value is 0.314. The summed E-state index contributed by atoms with van der Waals surface area (Å²) in [5, 5.41) is 0. The molecule has 0 aromatic heterocycles. The topological polar surface area (TPSA) is 49.7 Å². The molecule has 8 heavy (non-hydrogen) atoms. The highest BCUT2D eigenvalue weighted by Crippen LogP contribution is 1.99. The minimum absolute atomic E-state index is 0.369. The maximum absolute atomic E-state index is 8.83. The minimum atomic E-state index is -3.12. The summed E-state index contributed by atoms with van der Waals surface area (Å²) < 4.78 is 4.77. The molecule has 0 aliphatic carbocycles. The molecule has 0 radical (unpaired) electrons. The smallest absolute Gasteiger partial charge is 0.422 e. The van der Waals surface area contributed by atoms with Crippen LogP contribution in [-0.2, 0) is 4.12 Å². The fraction of sp³-hybridized carbons (Fsp3) is 1.00. The molecule has 0 aromatic carbocycles. The van der Waals surface area contributed by atoms with Crippen molar-refractivity contribution in [3.8, 4) is 0 Å². The van der Waals surface area contributed by atoms with Gasteiger partial charge in [0.15, 0.2) is 0 Å². The lowest BCUT2D eigenvalue weighted by atomic mass is 11.0. The van der Waals surface area contributed by atoms with Crippen molar-refractivity contribution >= 4 is 18.6 Å². The van der Waals surface area contributed by atoms with E-state index in [1.807, 2.05) is 6.55 Å². The summed E-state index contributed by atoms with van der Waals surface area (Å²) in [4.78, 5) is 17.7. The van der Waals surface area contributed by atoms with Gasteiger partial charge in [-0.15, -0.1) is 0 Å². The zero-order valence-electron chi connectivity index (χ0n) is 5.22. The van der Waals surface area contributed by atoms with E-state index in [9.17, 15) is 0 Å². The Bertz CT molecular complexity index is 65.5. The van der Waals surface area contributed by atoms with Crippen LogP contribution in [0.15, 0.2) is 0 Å². The Morgan fingerprint density at radius 3 is 2.25 bits per heavy atom. The number of hydrogen-bond acceptors (Lipinski definition) is 3. The van der Waals surface area contributed by atoms with E-state index in [0.29, 0.717) is 6.04 Å². The summed E-state index contributed by atoms with van der Waals surface area (Å²) in [6.07, 6.45) is 0. The highest BCUT2D eigenvalue weighted by atomic mass is 28.4. The fourth-order valence-electron chi connectivity index (χ4n) is 0.333. The summed E-state index contributed by atoms with van der Waals surface area (Å²) in [6, 6.07) is 0.369. The molecule has 3 nitrogen and oxygen atoms in total. The predicted octanol–water partition coefficient (Wildman–Crippen LogP) is -0.922. The molecule has 0 saturated heterocycles. The van der Waals surface area contributed by atoms with Crippen molar-refractivity contribution in [1.82, 2.24) is 0 Å². The van der Waals surface area contributed by atoms with Crippen molar-refractivity contribution in [3.05, 3.63) is 0 Å². The predicted molar refractivity (Wildman–Crippen MR) is 36.2 cm³/mol. The Morgan fingerprint density at radius 1 is 1.62 bits per heavy atom. The van der Waals surface area contributed by atoms with Crippen LogP contribution < -0.4 is 0 Å². The molecule has 0 rings (SSSR count). The van der Waals surface area contributed by atoms with E-state index in [1.54, 1.807) is 6.92 Å². The first-order valence-electron chi connectivity index (χ1n) is 2.71. The third kappa shape index (κ3) is 3.33. The van der Waals surface area contributed by atoms with Gasteiger partial charge in [0.05, 0.1) is 0 Å². The Balaban J connectivity index is 3.37. The molecule has 0 atom stereocenters. The van der Waals surface area contributed by atoms with Crippen LogP contribution in [0.2, 0.25) is 12.6 Å². The van der Waals surface area contributed by atoms with E-state index < -0.39 is 18.6 Å². The van der Waals surface area contributed by atoms with Crippen molar-refractivity contribution in [2.75, 3.05) is 0 Å². The first kappa shape index (κ1) is 8.31. The van der Waals surface area contributed by atoms with Gasteiger partial charge in [-0.1, -0.05) is 13.5 Å². The van der Waals surface area contributed by atoms with Gasteiger partial charge in [0.2, 0.25) is 0 Å². The molecule has 0 saturated carbocycles. The molecule has 0 heterocycles. The highest BCUT2D eigenvalue weighted by Gasteiger charge is 2.27. The quantitative estimate of drug-likeness (QED) is 0.514. The average Bonchev–Trinajstić information content (AvgIpc) is 1.67. The van der Waals surface area contributed by atoms with E-state index in [1.165, 1.54) is 0 Å². The molecule has 0 amide bonds. The van der Waals surface area contributed by atoms with Crippen molar-refractivity contribution in [2.45, 2.75) is 19.5 Å². The molecule has 0 fully saturated rings. The second-order valence-corrected chi connectivity index (χ2v) is 5.46. The van der Waals surface area contributed by atoms with Crippen LogP contribution in [0.25, 0.3) is 0 Å². The molecule has 0 aliphatic heterocycles. The van der Waals surface area contributed by atoms with E-state index in [-0.39, 0.29) is 0 Å². The van der Waals surface area contributed by atoms with E-state index in [2.05, 4.69) is 0 Å². The Morgan fingerprint density at radius 2 is 2.12 bits per heavy atom. The maximum Gasteiger partial charge on any atom is 0.484 e. The van der Waals surface area contributed by atoms with Gasteiger partial charge in [0.1, 0.15) is 9.76 Å². The number of hydrogen-bond donors (Lipinski definition) is 2. The van der Waals surface area contributed by atoms with Crippen LogP contribution in [-0.4, -0.2) is 28.2 Å². The number of rotatable bonds is 3. The van der Waals surface area contributed by atoms with Crippen LogP contribution in [0.5, 0.6) is 0 Å². The van der Waals surface area contributed by atoms with Gasteiger partial charge < -0.3 is 13.7 Å². The van der Waals surface area contributed by atoms with Crippen molar-refractivity contribution in [1.29, 1.82) is 0 Å². The molecule has 5 heteroatoms. The van der Waals surface area contributed by atoms with Crippen molar-refractivity contribution in [3.63, 3.8) is 0 Å². The molecule has 0 aromatic rings. The minimum Gasteiger partial charge on any atom is -0.422 e. The van der Waals surface area contributed by atoms with Crippen LogP contribution in [0, 0.1) is 0 Å². The molecule has 50 valence electrons. The summed E-state index contributed by atoms with van der Waals surface area (Å²) in [5.41, 5.74) is 0. The second kappa shape index (κ2) is 3.36. The molecule has 0 bridgehead atoms. The van der Waals surface area contributed by atoms with Gasteiger partial charge in [-0.25, -0.2) is 0 Å². The van der Waals surface area contributed by atoms with Crippen LogP contribution in [0.3, 0.4) is 0 Å². The first-order chi connectivity index (χ1) is 3.62. The second-order valence-electron chi connectivity index (χ2n) is 1.53. The van der Waals surface area contributed by atoms with Crippen LogP contribution in [0.4, 0.5) is 0 Å². The summed E-state index contributed by atoms with van der Waals surface area (Å²) in [7, 11) is -3.75. The van der Waals surface area contributed by atoms with Crippen LogP contribution in [0.1, 0.15) is 6.92 Å². The lowest BCUT2D eigenvalue weighted by molar-refractivity contribution is 0.247. The Kier molecular flexibility index (Phi) is 3.49. The van der Waals surface area contributed by atoms with E-state index in [4.69, 9.17) is 13.7 Å². The molecular weight excluding hydrogens is 140 g/mol. The van der Waals surface area contributed by atoms with Gasteiger partial charge in [0, 0.05) is 6.04 Å². The lowest BCUT2D eigenvalue weighted by Crippen LogP contribution is -2.38. The van der Waals surface area contributed by atoms with Gasteiger partial charge in [-0.2, -0.15) is 0 Å². The molecule has 0 aliphatic rings. The normalized spacial score (nSPS) is 13.5. The standard InChI is InChI=1S/C3H12O3Si2/c1-3-8(4,5)6-7-2/h4-5H,3,7H2,1-2H3. The lowest BCUT2D eigenvalue weighted by Gasteiger charge is -2.13. The highest BCUT2D eigenvalue weighted by molar-refractivity contribution is 6.63. The third-order valence-electron chi connectivity index (χ3n) is 0.836. The van der Waals surface area contributed by atoms with Crippen molar-refractivity contribution < 1.29 is 13.7 Å². The monoisotopic (exact) mass is 152 g/mol. The van der Waals surface area contributed by atoms with E-state index >= 15 is 0 Å². The fourth-order valence-corrected chi connectivity index (χ4v) is 3.00. The van der Waals surface area contributed by atoms with Gasteiger partial charge >= 0.3 is 8.80 Å². The van der Waals surface area contributed by atoms with Gasteiger partial charge in [0.25, 0.3) is 0 Å². The molecule has 0 unspecified atom stereocenters. The largest absolute Gasteiger partial charge is 0.484 e. The maximum atomic E-state index is 8.83. The van der Waals surface area contributed by atoms with E-state index in [0.717, 1.165) is 0 Å². The van der Waals surface area contributed by atoms with Gasteiger partial charge in [-0.05, 0) is 0 Å². The summed E-state index contributed by atoms with van der Waals surface area (Å²) in [5.74, 6) is 0. The Labute approximate surface area is 52.6 Å². The third-order valence-corrected chi connectivity index (χ3v) is 4.76. The average molecular weight is 152 g/mol. The SMILES string of the molecule is CC[Si](O)(O)O[SiH2]C. The van der Waals surface area contributed by atoms with Gasteiger partial charge in [-0.3, -0.25) is 0 Å². The molecular formula is C3H12O3Si2. The summed E-state index contributed by atoms with van der Waals surface area (Å²) in [6.45, 7) is 3.60. The molecule has 2 N–H and O–H groups in total. The van der Waals surface area contributed by atoms with Crippen LogP contribution >= 0.6 is 0 Å². The molecule has 0 spiro atoms. The zero-order chi connectivity index (χ0) is 6.62. The first-order valence-corrected chi connectivity index (χ1v) is 6.71. The summed E-state index contributed by atoms with van der Waals surface area (Å²) >= 11 is 0. The zero-order valence-corrected chi connectivity index (χ0v) is 7.63.